The molecule has 2 unspecified atom stereocenters. The van der Waals surface area contributed by atoms with Crippen LogP contribution in [0.2, 0.25) is 0 Å². The third kappa shape index (κ3) is 11.9. The van der Waals surface area contributed by atoms with Crippen molar-refractivity contribution < 1.29 is 58.1 Å². The van der Waals surface area contributed by atoms with E-state index in [-0.39, 0.29) is 6.54 Å². The van der Waals surface area contributed by atoms with E-state index in [0.29, 0.717) is 5.56 Å². The number of ether oxygens (including phenoxy) is 2. The number of rotatable bonds is 11. The van der Waals surface area contributed by atoms with E-state index >= 15 is 0 Å². The number of nitrogens with one attached hydrogen (secondary N) is 1. The zero-order chi connectivity index (χ0) is 49.9. The first-order valence-corrected chi connectivity index (χ1v) is 9.42. The van der Waals surface area contributed by atoms with Crippen LogP contribution in [-0.2, 0) is 6.54 Å². The van der Waals surface area contributed by atoms with Gasteiger partial charge in [-0.2, -0.15) is 0 Å². The van der Waals surface area contributed by atoms with Crippen LogP contribution in [0.15, 0.2) is 66.6 Å². The van der Waals surface area contributed by atoms with E-state index in [1.165, 1.54) is 0 Å². The van der Waals surface area contributed by atoms with Crippen LogP contribution in [0.3, 0.4) is 0 Å². The van der Waals surface area contributed by atoms with Crippen molar-refractivity contribution >= 4 is 0 Å². The van der Waals surface area contributed by atoms with Crippen LogP contribution in [0, 0.1) is 27.4 Å². The Balaban J connectivity index is 0.000000445. The molecule has 0 spiro atoms. The zero-order valence-corrected chi connectivity index (χ0v) is 17.9. The Morgan fingerprint density at radius 1 is 0.857 bits per heavy atom. The van der Waals surface area contributed by atoms with Gasteiger partial charge in [0, 0.05) is 41.5 Å². The van der Waals surface area contributed by atoms with E-state index in [1.807, 2.05) is 0 Å². The molecule has 0 amide bonds. The van der Waals surface area contributed by atoms with Crippen LogP contribution in [0.25, 0.3) is 0 Å². The Morgan fingerprint density at radius 2 is 1.34 bits per heavy atom. The van der Waals surface area contributed by atoms with E-state index in [4.69, 9.17) is 48.9 Å². The molecular weight excluding hydrogens is 440 g/mol. The SMILES string of the molecule is [2H]c1c(OC([2H])([2H])C([2H])(O)C([2H])([2H])N)c([2H])c(C([2H])([2H])[2H])c([2H])c1C([2H])([2H])[2H].[2H]c1c(OC([2H])([2H])C([2H])(O)C([2H])([2H])NCc2ccccc2)c([2H])c(C([2H])([2H])[2H])c([2H])c1C([2H])([2H])[2H]. The molecule has 3 aromatic carbocycles. The van der Waals surface area contributed by atoms with Crippen molar-refractivity contribution in [3.8, 4) is 11.5 Å². The minimum absolute atomic E-state index is 0.238. The van der Waals surface area contributed by atoms with Gasteiger partial charge in [0.15, 0.2) is 0 Å². The molecule has 0 heterocycles. The van der Waals surface area contributed by atoms with E-state index < -0.39 is 136 Å². The Morgan fingerprint density at radius 3 is 1.80 bits per heavy atom. The van der Waals surface area contributed by atoms with Crippen molar-refractivity contribution in [1.29, 1.82) is 0 Å². The summed E-state index contributed by atoms with van der Waals surface area (Å²) in [5.74, 6) is -2.57. The van der Waals surface area contributed by atoms with Gasteiger partial charge in [0.2, 0.25) is 0 Å². The van der Waals surface area contributed by atoms with Crippen molar-refractivity contribution in [2.24, 2.45) is 5.73 Å². The van der Waals surface area contributed by atoms with Gasteiger partial charge in [-0.1, -0.05) is 42.4 Å². The van der Waals surface area contributed by atoms with Crippen molar-refractivity contribution in [3.63, 3.8) is 0 Å². The molecule has 6 heteroatoms. The normalized spacial score (nSPS) is 28.9. The molecule has 5 N–H and O–H groups in total. The largest absolute Gasteiger partial charge is 0.491 e. The van der Waals surface area contributed by atoms with E-state index in [2.05, 4.69) is 10.1 Å². The first-order chi connectivity index (χ1) is 27.7. The summed E-state index contributed by atoms with van der Waals surface area (Å²) in [7, 11) is 0. The third-order valence-electron chi connectivity index (χ3n) is 3.43. The van der Waals surface area contributed by atoms with Crippen molar-refractivity contribution in [2.75, 3.05) is 26.1 Å². The number of benzene rings is 3. The maximum absolute atomic E-state index is 10.6. The van der Waals surface area contributed by atoms with E-state index in [0.717, 1.165) is 0 Å². The second kappa shape index (κ2) is 15.2. The molecule has 6 nitrogen and oxygen atoms in total. The van der Waals surface area contributed by atoms with Crippen LogP contribution >= 0.6 is 0 Å². The first-order valence-electron chi connectivity index (χ1n) is 23.4. The summed E-state index contributed by atoms with van der Waals surface area (Å²) in [5, 5.41) is 22.6. The molecule has 0 fully saturated rings. The van der Waals surface area contributed by atoms with Gasteiger partial charge in [-0.3, -0.25) is 0 Å². The molecule has 0 aliphatic rings. The summed E-state index contributed by atoms with van der Waals surface area (Å²) in [6.45, 7) is -27.2. The second-order valence-electron chi connectivity index (χ2n) is 6.12. The summed E-state index contributed by atoms with van der Waals surface area (Å²) >= 11 is 0. The highest BCUT2D eigenvalue weighted by Gasteiger charge is 2.06. The number of aliphatic hydroxyl groups is 2. The lowest BCUT2D eigenvalue weighted by atomic mass is 10.1. The lowest BCUT2D eigenvalue weighted by Gasteiger charge is -2.14. The van der Waals surface area contributed by atoms with Gasteiger partial charge in [-0.25, -0.2) is 0 Å². The van der Waals surface area contributed by atoms with Gasteiger partial charge in [0.1, 0.15) is 36.8 Å². The average molecular weight is 509 g/mol. The summed E-state index contributed by atoms with van der Waals surface area (Å²) in [6, 6.07) is 0.994. The van der Waals surface area contributed by atoms with Crippen LogP contribution in [0.1, 0.15) is 66.2 Å². The molecule has 2 atom stereocenters. The second-order valence-corrected chi connectivity index (χ2v) is 6.12. The fraction of sp³-hybridized carbons (Fsp3) is 0.379. The smallest absolute Gasteiger partial charge is 0.119 e. The topological polar surface area (TPSA) is 97.0 Å². The summed E-state index contributed by atoms with van der Waals surface area (Å²) in [5.41, 5.74) is 0.890. The van der Waals surface area contributed by atoms with Gasteiger partial charge in [0.05, 0.1) is 16.4 Å². The molecule has 0 bridgehead atoms. The first kappa shape index (κ1) is 8.32. The maximum atomic E-state index is 10.6. The Hall–Kier alpha value is -2.90. The van der Waals surface area contributed by atoms with Crippen LogP contribution in [0.4, 0.5) is 0 Å². The molecule has 0 saturated heterocycles. The minimum atomic E-state index is -3.81. The molecule has 0 aliphatic carbocycles. The number of hydrogen-bond acceptors (Lipinski definition) is 6. The molecule has 3 aromatic rings. The quantitative estimate of drug-likeness (QED) is 0.314. The standard InChI is InChI=1S/C18H23NO2.C11H17NO2/c1-14-8-15(2)10-18(9-14)21-13-17(20)12-19-11-16-6-4-3-5-7-16;1-8-3-9(2)5-11(4-8)14-7-10(13)6-12/h3-10,17,19-20H,11-13H2,1-2H3;3-5,10,13H,6-7,12H2,1-2H3/i1D3,2D3,8D,9D,10D,12D2,13D2,17D;1D3,2D3,3D,4D,5D,6D2,7D2,10D. The van der Waals surface area contributed by atoms with E-state index in [1.54, 1.807) is 30.3 Å². The molecule has 0 aromatic heterocycles. The maximum Gasteiger partial charge on any atom is 0.119 e. The Labute approximate surface area is 249 Å². The highest BCUT2D eigenvalue weighted by Crippen LogP contribution is 2.17. The monoisotopic (exact) mass is 508 g/mol. The highest BCUT2D eigenvalue weighted by molar-refractivity contribution is 5.33. The Bertz CT molecular complexity index is 2040. The molecule has 3 rings (SSSR count). The van der Waals surface area contributed by atoms with Gasteiger partial charge in [-0.15, -0.1) is 0 Å². The molecule has 0 aliphatic heterocycles. The molecule has 0 radical (unpaired) electrons. The number of nitrogens with two attached hydrogens (primary N) is 1. The van der Waals surface area contributed by atoms with Gasteiger partial charge in [0.25, 0.3) is 0 Å². The lowest BCUT2D eigenvalue weighted by Crippen LogP contribution is -2.31. The van der Waals surface area contributed by atoms with Crippen LogP contribution < -0.4 is 20.5 Å². The van der Waals surface area contributed by atoms with Crippen molar-refractivity contribution in [2.45, 2.75) is 46.1 Å². The highest BCUT2D eigenvalue weighted by atomic mass is 16.5. The predicted molar refractivity (Wildman–Crippen MR) is 142 cm³/mol. The lowest BCUT2D eigenvalue weighted by molar-refractivity contribution is 0.106. The fourth-order valence-corrected chi connectivity index (χ4v) is 2.07. The molecule has 35 heavy (non-hydrogen) atoms. The van der Waals surface area contributed by atoms with Crippen LogP contribution in [0.5, 0.6) is 11.5 Å². The molecule has 190 valence electrons. The summed E-state index contributed by atoms with van der Waals surface area (Å²) in [4.78, 5) is 0. The molecule has 0 saturated carbocycles. The molecular formula is C29H40N2O4. The van der Waals surface area contributed by atoms with Crippen LogP contribution in [-0.4, -0.2) is 48.5 Å². The third-order valence-corrected chi connectivity index (χ3v) is 3.43. The Kier molecular flexibility index (Phi) is 3.60. The van der Waals surface area contributed by atoms with Gasteiger partial charge >= 0.3 is 0 Å². The fourth-order valence-electron chi connectivity index (χ4n) is 2.07. The van der Waals surface area contributed by atoms with Crippen molar-refractivity contribution in [3.05, 3.63) is 94.4 Å². The van der Waals surface area contributed by atoms with Gasteiger partial charge < -0.3 is 30.7 Å². The number of hydrogen-bond donors (Lipinski definition) is 4. The summed E-state index contributed by atoms with van der Waals surface area (Å²) in [6.07, 6.45) is -7.56. The van der Waals surface area contributed by atoms with Crippen molar-refractivity contribution in [1.82, 2.24) is 5.32 Å². The van der Waals surface area contributed by atoms with E-state index in [9.17, 15) is 10.2 Å². The minimum Gasteiger partial charge on any atom is -0.491 e. The van der Waals surface area contributed by atoms with Gasteiger partial charge in [-0.05, 0) is 79.4 Å². The predicted octanol–water partition coefficient (Wildman–Crippen LogP) is 3.83. The zero-order valence-electron chi connectivity index (χ0n) is 45.9. The summed E-state index contributed by atoms with van der Waals surface area (Å²) < 4.78 is 224. The average Bonchev–Trinajstić information content (AvgIpc) is 3.05.